The summed E-state index contributed by atoms with van der Waals surface area (Å²) in [7, 11) is 0. The van der Waals surface area contributed by atoms with Crippen LogP contribution in [0.4, 0.5) is 26.3 Å². The van der Waals surface area contributed by atoms with Crippen molar-refractivity contribution in [3.05, 3.63) is 106 Å². The summed E-state index contributed by atoms with van der Waals surface area (Å²) in [6, 6.07) is 16.8. The van der Waals surface area contributed by atoms with Gasteiger partial charge in [0.2, 0.25) is 5.91 Å². The summed E-state index contributed by atoms with van der Waals surface area (Å²) >= 11 is 0. The Bertz CT molecular complexity index is 1750. The average Bonchev–Trinajstić information content (AvgIpc) is 3.27. The van der Waals surface area contributed by atoms with Crippen molar-refractivity contribution in [3.63, 3.8) is 0 Å². The number of hydrogen-bond donors (Lipinski definition) is 2. The molecule has 200 valence electrons. The highest BCUT2D eigenvalue weighted by atomic mass is 19.4. The topological polar surface area (TPSA) is 79.3 Å². The molecular weight excluding hydrogens is 526 g/mol. The van der Waals surface area contributed by atoms with Crippen LogP contribution in [-0.4, -0.2) is 20.5 Å². The maximum Gasteiger partial charge on any atom is 0.435 e. The Balaban J connectivity index is 1.48. The third-order valence-electron chi connectivity index (χ3n) is 6.12. The molecule has 2 N–H and O–H groups in total. The van der Waals surface area contributed by atoms with E-state index >= 15 is 0 Å². The van der Waals surface area contributed by atoms with Gasteiger partial charge in [-0.15, -0.1) is 0 Å². The molecule has 0 saturated heterocycles. The van der Waals surface area contributed by atoms with Gasteiger partial charge in [-0.25, -0.2) is 0 Å². The number of halogens is 6. The minimum atomic E-state index is -4.87. The third-order valence-corrected chi connectivity index (χ3v) is 6.12. The molecule has 0 atom stereocenters. The van der Waals surface area contributed by atoms with Gasteiger partial charge in [0.25, 0.3) is 5.56 Å². The zero-order valence-corrected chi connectivity index (χ0v) is 19.8. The van der Waals surface area contributed by atoms with Gasteiger partial charge in [-0.1, -0.05) is 54.6 Å². The van der Waals surface area contributed by atoms with E-state index in [1.807, 2.05) is 0 Å². The molecule has 6 nitrogen and oxygen atoms in total. The number of fused-ring (bicyclic) bond motifs is 2. The Kier molecular flexibility index (Phi) is 6.41. The Labute approximate surface area is 215 Å². The van der Waals surface area contributed by atoms with Gasteiger partial charge in [0.1, 0.15) is 5.65 Å². The Morgan fingerprint density at radius 3 is 2.28 bits per heavy atom. The SMILES string of the molecule is O=C(Cc1ccc(C(F)(F)F)cc1)NCc1cc(=O)n2nc(C(F)(F)F)c(-c3cccc4ccccc34)c2[nH]1. The first-order valence-electron chi connectivity index (χ1n) is 11.5. The molecule has 39 heavy (non-hydrogen) atoms. The molecule has 0 spiro atoms. The predicted molar refractivity (Wildman–Crippen MR) is 131 cm³/mol. The van der Waals surface area contributed by atoms with E-state index in [1.54, 1.807) is 36.4 Å². The molecule has 0 radical (unpaired) electrons. The number of aromatic amines is 1. The second-order valence-corrected chi connectivity index (χ2v) is 8.79. The number of amides is 1. The number of carbonyl (C=O) groups is 1. The van der Waals surface area contributed by atoms with Crippen LogP contribution in [0.1, 0.15) is 22.5 Å². The summed E-state index contributed by atoms with van der Waals surface area (Å²) in [4.78, 5) is 27.9. The van der Waals surface area contributed by atoms with Crippen LogP contribution in [-0.2, 0) is 30.1 Å². The minimum absolute atomic E-state index is 0.114. The van der Waals surface area contributed by atoms with Crippen molar-refractivity contribution in [3.8, 4) is 11.1 Å². The van der Waals surface area contributed by atoms with E-state index < -0.39 is 35.1 Å². The lowest BCUT2D eigenvalue weighted by molar-refractivity contribution is -0.141. The van der Waals surface area contributed by atoms with Crippen LogP contribution in [0.5, 0.6) is 0 Å². The Morgan fingerprint density at radius 2 is 1.59 bits per heavy atom. The normalized spacial score (nSPS) is 12.3. The Morgan fingerprint density at radius 1 is 0.897 bits per heavy atom. The highest BCUT2D eigenvalue weighted by molar-refractivity contribution is 6.00. The number of hydrogen-bond acceptors (Lipinski definition) is 3. The first kappa shape index (κ1) is 26.0. The van der Waals surface area contributed by atoms with Crippen LogP contribution in [0.25, 0.3) is 27.5 Å². The van der Waals surface area contributed by atoms with Crippen LogP contribution in [0.2, 0.25) is 0 Å². The molecule has 0 fully saturated rings. The van der Waals surface area contributed by atoms with E-state index in [4.69, 9.17) is 0 Å². The second kappa shape index (κ2) is 9.61. The molecule has 0 unspecified atom stereocenters. The molecule has 5 rings (SSSR count). The lowest BCUT2D eigenvalue weighted by Gasteiger charge is -2.11. The van der Waals surface area contributed by atoms with Crippen molar-refractivity contribution in [1.82, 2.24) is 19.9 Å². The van der Waals surface area contributed by atoms with Gasteiger partial charge in [0.05, 0.1) is 24.1 Å². The molecule has 0 aliphatic rings. The summed E-state index contributed by atoms with van der Waals surface area (Å²) in [6.07, 6.45) is -9.61. The molecular formula is C27H18F6N4O2. The summed E-state index contributed by atoms with van der Waals surface area (Å²) in [5.74, 6) is -0.561. The lowest BCUT2D eigenvalue weighted by atomic mass is 9.98. The number of aromatic nitrogens is 3. The molecule has 0 bridgehead atoms. The predicted octanol–water partition coefficient (Wildman–Crippen LogP) is 5.74. The van der Waals surface area contributed by atoms with E-state index in [0.717, 1.165) is 18.2 Å². The number of benzene rings is 3. The van der Waals surface area contributed by atoms with Gasteiger partial charge in [-0.2, -0.15) is 36.0 Å². The standard InChI is InChI=1S/C27H18F6N4O2/c28-26(29,30)17-10-8-15(9-11-17)12-21(38)34-14-18-13-22(39)37-25(35-18)23(24(36-37)27(31,32)33)20-7-3-5-16-4-1-2-6-19(16)20/h1-11,13,35H,12,14H2,(H,34,38). The smallest absolute Gasteiger partial charge is 0.350 e. The van der Waals surface area contributed by atoms with Crippen LogP contribution >= 0.6 is 0 Å². The van der Waals surface area contributed by atoms with Gasteiger partial charge >= 0.3 is 12.4 Å². The largest absolute Gasteiger partial charge is 0.435 e. The fourth-order valence-corrected chi connectivity index (χ4v) is 4.34. The van der Waals surface area contributed by atoms with E-state index in [2.05, 4.69) is 15.4 Å². The number of rotatable bonds is 5. The number of carbonyl (C=O) groups excluding carboxylic acids is 1. The van der Waals surface area contributed by atoms with Gasteiger partial charge < -0.3 is 10.3 Å². The molecule has 0 aliphatic heterocycles. The molecule has 3 aromatic carbocycles. The van der Waals surface area contributed by atoms with Crippen molar-refractivity contribution in [2.75, 3.05) is 0 Å². The van der Waals surface area contributed by atoms with Gasteiger partial charge in [0, 0.05) is 11.8 Å². The van der Waals surface area contributed by atoms with Crippen LogP contribution in [0.3, 0.4) is 0 Å². The first-order chi connectivity index (χ1) is 18.4. The van der Waals surface area contributed by atoms with Crippen LogP contribution < -0.4 is 10.9 Å². The number of nitrogens with one attached hydrogen (secondary N) is 2. The molecule has 12 heteroatoms. The molecule has 0 saturated carbocycles. The van der Waals surface area contributed by atoms with Gasteiger partial charge in [-0.05, 0) is 34.0 Å². The number of alkyl halides is 6. The highest BCUT2D eigenvalue weighted by Gasteiger charge is 2.39. The number of nitrogens with zero attached hydrogens (tertiary/aromatic N) is 2. The lowest BCUT2D eigenvalue weighted by Crippen LogP contribution is -2.26. The number of H-pyrrole nitrogens is 1. The maximum atomic E-state index is 14.0. The first-order valence-corrected chi connectivity index (χ1v) is 11.5. The summed E-state index contributed by atoms with van der Waals surface area (Å²) in [6.45, 7) is -0.243. The summed E-state index contributed by atoms with van der Waals surface area (Å²) < 4.78 is 81.0. The van der Waals surface area contributed by atoms with Gasteiger partial charge in [0.15, 0.2) is 5.69 Å². The van der Waals surface area contributed by atoms with Gasteiger partial charge in [-0.3, -0.25) is 9.59 Å². The van der Waals surface area contributed by atoms with Crippen molar-refractivity contribution < 1.29 is 31.1 Å². The van der Waals surface area contributed by atoms with Crippen molar-refractivity contribution in [2.45, 2.75) is 25.3 Å². The van der Waals surface area contributed by atoms with E-state index in [0.29, 0.717) is 20.9 Å². The van der Waals surface area contributed by atoms with E-state index in [9.17, 15) is 35.9 Å². The van der Waals surface area contributed by atoms with Crippen molar-refractivity contribution in [2.24, 2.45) is 0 Å². The molecule has 2 heterocycles. The van der Waals surface area contributed by atoms with Crippen LogP contribution in [0.15, 0.2) is 77.6 Å². The zero-order chi connectivity index (χ0) is 27.9. The zero-order valence-electron chi connectivity index (χ0n) is 19.8. The molecule has 5 aromatic rings. The fourth-order valence-electron chi connectivity index (χ4n) is 4.34. The maximum absolute atomic E-state index is 14.0. The molecule has 0 aliphatic carbocycles. The summed E-state index contributed by atoms with van der Waals surface area (Å²) in [5, 5.41) is 7.31. The average molecular weight is 544 g/mol. The van der Waals surface area contributed by atoms with E-state index in [1.165, 1.54) is 18.2 Å². The molecule has 2 aromatic heterocycles. The monoisotopic (exact) mass is 544 g/mol. The molecule has 1 amide bonds. The highest BCUT2D eigenvalue weighted by Crippen LogP contribution is 2.40. The fraction of sp³-hybridized carbons (Fsp3) is 0.148. The van der Waals surface area contributed by atoms with Crippen molar-refractivity contribution >= 4 is 22.3 Å². The Hall–Kier alpha value is -4.61. The van der Waals surface area contributed by atoms with Crippen LogP contribution in [0, 0.1) is 0 Å². The van der Waals surface area contributed by atoms with Crippen molar-refractivity contribution in [1.29, 1.82) is 0 Å². The third kappa shape index (κ3) is 5.22. The second-order valence-electron chi connectivity index (χ2n) is 8.79. The van der Waals surface area contributed by atoms with E-state index in [-0.39, 0.29) is 35.4 Å². The quantitative estimate of drug-likeness (QED) is 0.277. The minimum Gasteiger partial charge on any atom is -0.350 e. The summed E-state index contributed by atoms with van der Waals surface area (Å²) in [5.41, 5.74) is -2.78.